The molecule has 0 radical (unpaired) electrons. The Kier molecular flexibility index (Phi) is 13.5. The van der Waals surface area contributed by atoms with Crippen LogP contribution < -0.4 is 16.0 Å². The third-order valence-electron chi connectivity index (χ3n) is 11.1. The van der Waals surface area contributed by atoms with Gasteiger partial charge in [0.2, 0.25) is 47.3 Å². The van der Waals surface area contributed by atoms with Gasteiger partial charge >= 0.3 is 0 Å². The number of aliphatic hydroxyl groups is 1. The monoisotopic (exact) mass is 716 g/mol. The van der Waals surface area contributed by atoms with Gasteiger partial charge in [0.15, 0.2) is 0 Å². The largest absolute Gasteiger partial charge is 0.378 e. The molecule has 1 saturated carbocycles. The number of likely N-dealkylation sites (tertiary alicyclic amines) is 3. The summed E-state index contributed by atoms with van der Waals surface area (Å²) in [5.74, 6) is -5.21. The van der Waals surface area contributed by atoms with E-state index in [-0.39, 0.29) is 161 Å². The van der Waals surface area contributed by atoms with E-state index in [1.165, 1.54) is 14.7 Å². The van der Waals surface area contributed by atoms with Crippen LogP contribution in [0.15, 0.2) is 0 Å². The first-order valence-corrected chi connectivity index (χ1v) is 18.5. The van der Waals surface area contributed by atoms with Crippen molar-refractivity contribution in [3.05, 3.63) is 0 Å². The van der Waals surface area contributed by atoms with Crippen LogP contribution in [0, 0.1) is 53.3 Å². The van der Waals surface area contributed by atoms with Gasteiger partial charge in [-0.2, -0.15) is 0 Å². The Balaban J connectivity index is 1.36. The molecular weight excluding hydrogens is 660 g/mol. The number of nitrogens with zero attached hydrogens (tertiary/aromatic N) is 3. The van der Waals surface area contributed by atoms with Gasteiger partial charge < -0.3 is 15.7 Å². The highest BCUT2D eigenvalue weighted by atomic mass is 16.3. The summed E-state index contributed by atoms with van der Waals surface area (Å²) in [7, 11) is 0. The average Bonchev–Trinajstić information content (AvgIpc) is 3.65. The van der Waals surface area contributed by atoms with Crippen molar-refractivity contribution in [2.45, 2.75) is 86.3 Å². The second-order valence-corrected chi connectivity index (χ2v) is 15.7. The van der Waals surface area contributed by atoms with Crippen LogP contribution >= 0.6 is 0 Å². The molecule has 15 nitrogen and oxygen atoms in total. The summed E-state index contributed by atoms with van der Waals surface area (Å²) in [5.41, 5.74) is 0. The number of amides is 8. The number of rotatable bonds is 16. The van der Waals surface area contributed by atoms with Crippen molar-refractivity contribution >= 4 is 47.3 Å². The second kappa shape index (κ2) is 17.2. The molecular formula is C36H56N6O9. The van der Waals surface area contributed by atoms with E-state index >= 15 is 0 Å². The molecule has 0 bridgehead atoms. The van der Waals surface area contributed by atoms with Crippen molar-refractivity contribution in [2.75, 3.05) is 39.3 Å². The molecule has 51 heavy (non-hydrogen) atoms. The van der Waals surface area contributed by atoms with E-state index in [0.717, 1.165) is 0 Å². The Morgan fingerprint density at radius 3 is 1.24 bits per heavy atom. The van der Waals surface area contributed by atoms with Crippen molar-refractivity contribution in [3.63, 3.8) is 0 Å². The van der Waals surface area contributed by atoms with E-state index < -0.39 is 24.0 Å². The number of hydrogen-bond acceptors (Lipinski definition) is 10. The molecule has 7 atom stereocenters. The van der Waals surface area contributed by atoms with Crippen LogP contribution in [0.1, 0.15) is 80.1 Å². The molecule has 4 rings (SSSR count). The van der Waals surface area contributed by atoms with Gasteiger partial charge in [-0.25, -0.2) is 0 Å². The van der Waals surface area contributed by atoms with Gasteiger partial charge in [-0.15, -0.1) is 0 Å². The first-order valence-electron chi connectivity index (χ1n) is 18.5. The van der Waals surface area contributed by atoms with Gasteiger partial charge in [-0.3, -0.25) is 58.4 Å². The smallest absolute Gasteiger partial charge is 0.233 e. The van der Waals surface area contributed by atoms with Crippen LogP contribution in [0.3, 0.4) is 0 Å². The zero-order valence-electron chi connectivity index (χ0n) is 30.8. The SMILES string of the molecule is CC(C)C1CC(=O)N(CCNC(=O)[C@@H]2CC(C(O)NCCN3C(=O)CC(C(C)C)C3=O)C[C@H](C(=O)NCCN3C(=O)CC(C(C)C)C3=O)C2)C1=O. The fourth-order valence-corrected chi connectivity index (χ4v) is 7.80. The van der Waals surface area contributed by atoms with Gasteiger partial charge in [0.1, 0.15) is 6.23 Å². The molecule has 0 aromatic heterocycles. The molecule has 3 aliphatic heterocycles. The maximum absolute atomic E-state index is 13.4. The number of nitrogens with one attached hydrogen (secondary N) is 3. The van der Waals surface area contributed by atoms with E-state index in [1.54, 1.807) is 0 Å². The van der Waals surface area contributed by atoms with E-state index in [9.17, 15) is 43.5 Å². The van der Waals surface area contributed by atoms with Crippen LogP contribution in [0.25, 0.3) is 0 Å². The van der Waals surface area contributed by atoms with Gasteiger partial charge in [-0.1, -0.05) is 41.5 Å². The highest BCUT2D eigenvalue weighted by Crippen LogP contribution is 2.36. The van der Waals surface area contributed by atoms with Crippen LogP contribution in [0.5, 0.6) is 0 Å². The molecule has 284 valence electrons. The predicted octanol–water partition coefficient (Wildman–Crippen LogP) is 0.253. The Bertz CT molecular complexity index is 1310. The Hall–Kier alpha value is -3.72. The molecule has 4 N–H and O–H groups in total. The zero-order chi connectivity index (χ0) is 37.7. The molecule has 0 aromatic carbocycles. The summed E-state index contributed by atoms with van der Waals surface area (Å²) in [6.07, 6.45) is -0.0319. The van der Waals surface area contributed by atoms with Crippen molar-refractivity contribution in [1.82, 2.24) is 30.7 Å². The highest BCUT2D eigenvalue weighted by molar-refractivity contribution is 6.05. The van der Waals surface area contributed by atoms with Crippen molar-refractivity contribution in [1.29, 1.82) is 0 Å². The summed E-state index contributed by atoms with van der Waals surface area (Å²) >= 11 is 0. The van der Waals surface area contributed by atoms with Gasteiger partial charge in [-0.05, 0) is 42.9 Å². The molecule has 0 spiro atoms. The zero-order valence-corrected chi connectivity index (χ0v) is 30.8. The number of imide groups is 3. The number of hydrogen-bond donors (Lipinski definition) is 4. The normalized spacial score (nSPS) is 27.9. The maximum Gasteiger partial charge on any atom is 0.233 e. The van der Waals surface area contributed by atoms with Crippen LogP contribution in [0.2, 0.25) is 0 Å². The number of carbonyl (C=O) groups excluding carboxylic acids is 8. The molecule has 1 aliphatic carbocycles. The summed E-state index contributed by atoms with van der Waals surface area (Å²) in [6, 6.07) is 0. The molecule has 3 heterocycles. The fourth-order valence-electron chi connectivity index (χ4n) is 7.80. The Morgan fingerprint density at radius 1 is 0.588 bits per heavy atom. The van der Waals surface area contributed by atoms with Crippen molar-refractivity contribution in [3.8, 4) is 0 Å². The molecule has 4 aliphatic rings. The van der Waals surface area contributed by atoms with Crippen molar-refractivity contribution < 1.29 is 43.5 Å². The van der Waals surface area contributed by atoms with E-state index in [1.807, 2.05) is 41.5 Å². The number of aliphatic hydroxyl groups excluding tert-OH is 1. The summed E-state index contributed by atoms with van der Waals surface area (Å²) in [4.78, 5) is 106. The topological polar surface area (TPSA) is 203 Å². The lowest BCUT2D eigenvalue weighted by atomic mass is 9.73. The lowest BCUT2D eigenvalue weighted by Crippen LogP contribution is -2.49. The average molecular weight is 717 g/mol. The standard InChI is InChI=1S/C36H56N6O9/c1-19(2)25-16-28(43)40(34(25)49)10-7-37-31(46)22-13-23(32(47)38-8-11-41-29(44)17-26(20(3)4)35(41)50)15-24(14-22)33(48)39-9-12-42-30(45)18-27(21(5)6)36(42)51/h19-27,31,37,46H,7-18H2,1-6H3,(H,38,47)(H,39,48)/t22?,23-,24+,25?,26?,27?,31?. The summed E-state index contributed by atoms with van der Waals surface area (Å²) < 4.78 is 0. The maximum atomic E-state index is 13.4. The minimum atomic E-state index is -1.15. The lowest BCUT2D eigenvalue weighted by molar-refractivity contribution is -0.141. The predicted molar refractivity (Wildman–Crippen MR) is 183 cm³/mol. The van der Waals surface area contributed by atoms with Gasteiger partial charge in [0.25, 0.3) is 0 Å². The van der Waals surface area contributed by atoms with E-state index in [4.69, 9.17) is 0 Å². The first-order chi connectivity index (χ1) is 24.0. The third kappa shape index (κ3) is 9.39. The van der Waals surface area contributed by atoms with Crippen LogP contribution in [-0.2, 0) is 38.4 Å². The second-order valence-electron chi connectivity index (χ2n) is 15.7. The van der Waals surface area contributed by atoms with E-state index in [0.29, 0.717) is 0 Å². The van der Waals surface area contributed by atoms with E-state index in [2.05, 4.69) is 16.0 Å². The Labute approximate surface area is 300 Å². The highest BCUT2D eigenvalue weighted by Gasteiger charge is 2.43. The number of carbonyl (C=O) groups is 8. The quantitative estimate of drug-likeness (QED) is 0.127. The summed E-state index contributed by atoms with van der Waals surface area (Å²) in [6.45, 7) is 11.7. The molecule has 8 amide bonds. The van der Waals surface area contributed by atoms with Crippen LogP contribution in [0.4, 0.5) is 0 Å². The first kappa shape index (κ1) is 40.1. The molecule has 0 aromatic rings. The van der Waals surface area contributed by atoms with Crippen molar-refractivity contribution in [2.24, 2.45) is 53.3 Å². The molecule has 4 fully saturated rings. The minimum absolute atomic E-state index is 0.0184. The molecule has 15 heteroatoms. The van der Waals surface area contributed by atoms with Crippen LogP contribution in [-0.4, -0.2) is 113 Å². The Morgan fingerprint density at radius 2 is 0.922 bits per heavy atom. The molecule has 3 saturated heterocycles. The summed E-state index contributed by atoms with van der Waals surface area (Å²) in [5, 5.41) is 19.8. The third-order valence-corrected chi connectivity index (χ3v) is 11.1. The molecule has 5 unspecified atom stereocenters. The minimum Gasteiger partial charge on any atom is -0.378 e. The van der Waals surface area contributed by atoms with Gasteiger partial charge in [0.05, 0.1) is 0 Å². The van der Waals surface area contributed by atoms with Gasteiger partial charge in [0, 0.05) is 88.1 Å². The lowest BCUT2D eigenvalue weighted by Gasteiger charge is -2.36. The fraction of sp³-hybridized carbons (Fsp3) is 0.778.